The number of rotatable bonds is 6. The number of nitrogens with one attached hydrogen (secondary N) is 1. The normalized spacial score (nSPS) is 22.7. The number of hydrogen-bond donors (Lipinski definition) is 1. The molecular formula is C17H24F2N2O3S. The highest BCUT2D eigenvalue weighted by Gasteiger charge is 2.27. The molecule has 0 aliphatic carbocycles. The van der Waals surface area contributed by atoms with E-state index >= 15 is 0 Å². The van der Waals surface area contributed by atoms with Gasteiger partial charge in [0.25, 0.3) is 0 Å². The largest absolute Gasteiger partial charge is 0.377 e. The van der Waals surface area contributed by atoms with Crippen molar-refractivity contribution in [1.82, 2.24) is 5.32 Å². The van der Waals surface area contributed by atoms with Gasteiger partial charge in [-0.25, -0.2) is 8.42 Å². The maximum Gasteiger partial charge on any atom is 0.341 e. The molecule has 5 nitrogen and oxygen atoms in total. The number of piperidine rings is 1. The van der Waals surface area contributed by atoms with Gasteiger partial charge in [0.05, 0.1) is 11.0 Å². The molecular weight excluding hydrogens is 350 g/mol. The lowest BCUT2D eigenvalue weighted by atomic mass is 9.97. The monoisotopic (exact) mass is 374 g/mol. The standard InChI is InChI=1S/C17H24F2N2O3S/c18-17(19)25(22,23)16-3-1-14(2-4-16)21-9-6-13(7-10-21)12-24-15-5-8-20-11-15/h1-4,13,15,17,20H,5-12H2. The molecule has 2 aliphatic rings. The van der Waals surface area contributed by atoms with E-state index in [4.69, 9.17) is 4.74 Å². The van der Waals surface area contributed by atoms with Crippen LogP contribution in [-0.4, -0.2) is 53.1 Å². The minimum atomic E-state index is -4.52. The van der Waals surface area contributed by atoms with Crippen molar-refractivity contribution in [3.05, 3.63) is 24.3 Å². The van der Waals surface area contributed by atoms with Crippen molar-refractivity contribution in [3.63, 3.8) is 0 Å². The van der Waals surface area contributed by atoms with Crippen LogP contribution in [0.15, 0.2) is 29.2 Å². The molecule has 1 aromatic carbocycles. The van der Waals surface area contributed by atoms with Crippen molar-refractivity contribution >= 4 is 15.5 Å². The second-order valence-electron chi connectivity index (χ2n) is 6.68. The summed E-state index contributed by atoms with van der Waals surface area (Å²) in [5.41, 5.74) is 0.868. The third kappa shape index (κ3) is 4.48. The Morgan fingerprint density at radius 3 is 2.40 bits per heavy atom. The highest BCUT2D eigenvalue weighted by atomic mass is 32.2. The van der Waals surface area contributed by atoms with Crippen molar-refractivity contribution < 1.29 is 21.9 Å². The quantitative estimate of drug-likeness (QED) is 0.828. The summed E-state index contributed by atoms with van der Waals surface area (Å²) >= 11 is 0. The minimum Gasteiger partial charge on any atom is -0.377 e. The van der Waals surface area contributed by atoms with Crippen LogP contribution >= 0.6 is 0 Å². The average molecular weight is 374 g/mol. The molecule has 3 rings (SSSR count). The van der Waals surface area contributed by atoms with E-state index in [1.54, 1.807) is 12.1 Å². The molecule has 140 valence electrons. The zero-order chi connectivity index (χ0) is 17.9. The van der Waals surface area contributed by atoms with Crippen molar-refractivity contribution in [2.75, 3.05) is 37.7 Å². The Morgan fingerprint density at radius 2 is 1.84 bits per heavy atom. The molecule has 0 saturated carbocycles. The van der Waals surface area contributed by atoms with Gasteiger partial charge in [0, 0.05) is 31.9 Å². The van der Waals surface area contributed by atoms with Crippen LogP contribution in [0, 0.1) is 5.92 Å². The van der Waals surface area contributed by atoms with Gasteiger partial charge in [-0.1, -0.05) is 0 Å². The lowest BCUT2D eigenvalue weighted by Crippen LogP contribution is -2.35. The van der Waals surface area contributed by atoms with Gasteiger partial charge in [0.15, 0.2) is 0 Å². The van der Waals surface area contributed by atoms with Gasteiger partial charge in [0.1, 0.15) is 0 Å². The summed E-state index contributed by atoms with van der Waals surface area (Å²) in [7, 11) is -4.52. The molecule has 25 heavy (non-hydrogen) atoms. The highest BCUT2D eigenvalue weighted by Crippen LogP contribution is 2.26. The van der Waals surface area contributed by atoms with E-state index in [1.165, 1.54) is 12.1 Å². The molecule has 1 N–H and O–H groups in total. The van der Waals surface area contributed by atoms with E-state index in [-0.39, 0.29) is 4.90 Å². The molecule has 8 heteroatoms. The van der Waals surface area contributed by atoms with Crippen LogP contribution < -0.4 is 10.2 Å². The van der Waals surface area contributed by atoms with Crippen molar-refractivity contribution in [1.29, 1.82) is 0 Å². The van der Waals surface area contributed by atoms with E-state index < -0.39 is 15.6 Å². The first-order chi connectivity index (χ1) is 12.0. The average Bonchev–Trinajstić information content (AvgIpc) is 3.14. The topological polar surface area (TPSA) is 58.6 Å². The van der Waals surface area contributed by atoms with Gasteiger partial charge in [-0.05, 0) is 56.0 Å². The second kappa shape index (κ2) is 7.97. The van der Waals surface area contributed by atoms with Gasteiger partial charge in [0.2, 0.25) is 9.84 Å². The molecule has 2 saturated heterocycles. The fourth-order valence-electron chi connectivity index (χ4n) is 3.35. The Kier molecular flexibility index (Phi) is 5.91. The summed E-state index contributed by atoms with van der Waals surface area (Å²) < 4.78 is 54.0. The Morgan fingerprint density at radius 1 is 1.16 bits per heavy atom. The maximum absolute atomic E-state index is 12.6. The lowest BCUT2D eigenvalue weighted by molar-refractivity contribution is 0.0353. The van der Waals surface area contributed by atoms with Crippen LogP contribution in [0.4, 0.5) is 14.5 Å². The number of halogens is 2. The van der Waals surface area contributed by atoms with Gasteiger partial charge < -0.3 is 15.0 Å². The molecule has 1 aromatic rings. The SMILES string of the molecule is O=S(=O)(c1ccc(N2CCC(COC3CCNC3)CC2)cc1)C(F)F. The van der Waals surface area contributed by atoms with E-state index in [2.05, 4.69) is 10.2 Å². The van der Waals surface area contributed by atoms with E-state index in [9.17, 15) is 17.2 Å². The summed E-state index contributed by atoms with van der Waals surface area (Å²) in [6.07, 6.45) is 3.43. The fraction of sp³-hybridized carbons (Fsp3) is 0.647. The fourth-order valence-corrected chi connectivity index (χ4v) is 4.07. The number of nitrogens with zero attached hydrogens (tertiary/aromatic N) is 1. The predicted octanol–water partition coefficient (Wildman–Crippen LogP) is 2.28. The first kappa shape index (κ1) is 18.5. The zero-order valence-corrected chi connectivity index (χ0v) is 14.9. The van der Waals surface area contributed by atoms with Gasteiger partial charge in [-0.2, -0.15) is 8.78 Å². The Bertz CT molecular complexity index is 653. The first-order valence-corrected chi connectivity index (χ1v) is 10.2. The van der Waals surface area contributed by atoms with Crippen LogP contribution in [0.25, 0.3) is 0 Å². The summed E-state index contributed by atoms with van der Waals surface area (Å²) in [6, 6.07) is 5.74. The van der Waals surface area contributed by atoms with E-state index in [1.807, 2.05) is 0 Å². The Labute approximate surface area is 147 Å². The third-order valence-electron chi connectivity index (χ3n) is 4.96. The predicted molar refractivity (Wildman–Crippen MR) is 91.8 cm³/mol. The molecule has 1 unspecified atom stereocenters. The summed E-state index contributed by atoms with van der Waals surface area (Å²) in [6.45, 7) is 4.47. The van der Waals surface area contributed by atoms with Crippen molar-refractivity contribution in [2.45, 2.75) is 36.0 Å². The number of alkyl halides is 2. The van der Waals surface area contributed by atoms with E-state index in [0.29, 0.717) is 12.0 Å². The summed E-state index contributed by atoms with van der Waals surface area (Å²) in [5, 5.41) is 3.29. The zero-order valence-electron chi connectivity index (χ0n) is 14.0. The number of hydrogen-bond acceptors (Lipinski definition) is 5. The van der Waals surface area contributed by atoms with Crippen molar-refractivity contribution in [2.24, 2.45) is 5.92 Å². The van der Waals surface area contributed by atoms with E-state index in [0.717, 1.165) is 57.7 Å². The van der Waals surface area contributed by atoms with Gasteiger partial charge in [-0.15, -0.1) is 0 Å². The molecule has 2 fully saturated rings. The molecule has 0 radical (unpaired) electrons. The Balaban J connectivity index is 1.51. The molecule has 2 aliphatic heterocycles. The molecule has 0 bridgehead atoms. The smallest absolute Gasteiger partial charge is 0.341 e. The molecule has 0 spiro atoms. The van der Waals surface area contributed by atoms with Gasteiger partial charge in [-0.3, -0.25) is 0 Å². The highest BCUT2D eigenvalue weighted by molar-refractivity contribution is 7.91. The molecule has 1 atom stereocenters. The van der Waals surface area contributed by atoms with Crippen LogP contribution in [0.5, 0.6) is 0 Å². The Hall–Kier alpha value is -1.25. The number of ether oxygens (including phenoxy) is 1. The van der Waals surface area contributed by atoms with Gasteiger partial charge >= 0.3 is 5.76 Å². The molecule has 0 aromatic heterocycles. The second-order valence-corrected chi connectivity index (χ2v) is 8.60. The van der Waals surface area contributed by atoms with Crippen LogP contribution in [0.3, 0.4) is 0 Å². The molecule has 0 amide bonds. The summed E-state index contributed by atoms with van der Waals surface area (Å²) in [4.78, 5) is 1.83. The number of sulfone groups is 1. The third-order valence-corrected chi connectivity index (χ3v) is 6.36. The first-order valence-electron chi connectivity index (χ1n) is 8.66. The maximum atomic E-state index is 12.6. The summed E-state index contributed by atoms with van der Waals surface area (Å²) in [5.74, 6) is -2.85. The van der Waals surface area contributed by atoms with Crippen LogP contribution in [-0.2, 0) is 14.6 Å². The van der Waals surface area contributed by atoms with Crippen molar-refractivity contribution in [3.8, 4) is 0 Å². The number of anilines is 1. The van der Waals surface area contributed by atoms with Crippen LogP contribution in [0.1, 0.15) is 19.3 Å². The van der Waals surface area contributed by atoms with Crippen LogP contribution in [0.2, 0.25) is 0 Å². The minimum absolute atomic E-state index is 0.334. The lowest BCUT2D eigenvalue weighted by Gasteiger charge is -2.34. The molecule has 2 heterocycles. The number of benzene rings is 1.